The van der Waals surface area contributed by atoms with Crippen LogP contribution >= 0.6 is 11.6 Å². The van der Waals surface area contributed by atoms with Gasteiger partial charge in [0, 0.05) is 18.2 Å². The van der Waals surface area contributed by atoms with Crippen molar-refractivity contribution in [2.75, 3.05) is 11.9 Å². The summed E-state index contributed by atoms with van der Waals surface area (Å²) in [5.74, 6) is 1.32. The van der Waals surface area contributed by atoms with Gasteiger partial charge in [0.1, 0.15) is 17.6 Å². The van der Waals surface area contributed by atoms with Crippen LogP contribution in [0.4, 0.5) is 5.82 Å². The van der Waals surface area contributed by atoms with Crippen molar-refractivity contribution in [3.63, 3.8) is 0 Å². The van der Waals surface area contributed by atoms with E-state index in [0.717, 1.165) is 5.82 Å². The number of halogens is 1. The van der Waals surface area contributed by atoms with Crippen LogP contribution in [0.3, 0.4) is 0 Å². The zero-order chi connectivity index (χ0) is 12.2. The summed E-state index contributed by atoms with van der Waals surface area (Å²) in [5, 5.41) is 3.67. The standard InChI is InChI=1S/C11H18ClN3O/c1-5-16-7-10-13-8(12)6-9(14-10)15-11(2,3)4/h6H,5,7H2,1-4H3,(H,13,14,15). The molecule has 0 aliphatic heterocycles. The van der Waals surface area contributed by atoms with Crippen LogP contribution < -0.4 is 5.32 Å². The van der Waals surface area contributed by atoms with Crippen LogP contribution in [0.2, 0.25) is 5.15 Å². The molecular formula is C11H18ClN3O. The first-order chi connectivity index (χ1) is 7.40. The van der Waals surface area contributed by atoms with Crippen molar-refractivity contribution in [2.24, 2.45) is 0 Å². The van der Waals surface area contributed by atoms with E-state index in [9.17, 15) is 0 Å². The van der Waals surface area contributed by atoms with E-state index in [-0.39, 0.29) is 5.54 Å². The Morgan fingerprint density at radius 3 is 2.62 bits per heavy atom. The van der Waals surface area contributed by atoms with Crippen molar-refractivity contribution in [3.05, 3.63) is 17.0 Å². The van der Waals surface area contributed by atoms with Gasteiger partial charge in [-0.2, -0.15) is 0 Å². The second-order valence-electron chi connectivity index (χ2n) is 4.50. The summed E-state index contributed by atoms with van der Waals surface area (Å²) < 4.78 is 5.25. The summed E-state index contributed by atoms with van der Waals surface area (Å²) in [7, 11) is 0. The highest BCUT2D eigenvalue weighted by molar-refractivity contribution is 6.29. The van der Waals surface area contributed by atoms with E-state index >= 15 is 0 Å². The summed E-state index contributed by atoms with van der Waals surface area (Å²) >= 11 is 5.91. The Hall–Kier alpha value is -0.870. The number of ether oxygens (including phenoxy) is 1. The lowest BCUT2D eigenvalue weighted by atomic mass is 10.1. The Balaban J connectivity index is 2.81. The van der Waals surface area contributed by atoms with E-state index in [1.54, 1.807) is 6.07 Å². The molecule has 4 nitrogen and oxygen atoms in total. The van der Waals surface area contributed by atoms with E-state index in [1.807, 2.05) is 6.92 Å². The van der Waals surface area contributed by atoms with Gasteiger partial charge >= 0.3 is 0 Å². The Labute approximate surface area is 101 Å². The van der Waals surface area contributed by atoms with Gasteiger partial charge in [0.25, 0.3) is 0 Å². The molecule has 0 atom stereocenters. The first kappa shape index (κ1) is 13.2. The molecule has 0 spiro atoms. The van der Waals surface area contributed by atoms with Crippen LogP contribution in [-0.2, 0) is 11.3 Å². The van der Waals surface area contributed by atoms with Crippen LogP contribution in [0.5, 0.6) is 0 Å². The molecule has 0 fully saturated rings. The van der Waals surface area contributed by atoms with Crippen molar-refractivity contribution >= 4 is 17.4 Å². The van der Waals surface area contributed by atoms with Gasteiger partial charge in [-0.15, -0.1) is 0 Å². The molecule has 0 amide bonds. The molecule has 5 heteroatoms. The zero-order valence-corrected chi connectivity index (χ0v) is 10.9. The fourth-order valence-electron chi connectivity index (χ4n) is 1.17. The number of rotatable bonds is 4. The molecule has 0 radical (unpaired) electrons. The van der Waals surface area contributed by atoms with Crippen LogP contribution in [0, 0.1) is 0 Å². The fraction of sp³-hybridized carbons (Fsp3) is 0.636. The van der Waals surface area contributed by atoms with E-state index in [0.29, 0.717) is 24.2 Å². The minimum atomic E-state index is -0.0550. The topological polar surface area (TPSA) is 47.0 Å². The highest BCUT2D eigenvalue weighted by Gasteiger charge is 2.11. The Bertz CT molecular complexity index is 350. The highest BCUT2D eigenvalue weighted by Crippen LogP contribution is 2.16. The summed E-state index contributed by atoms with van der Waals surface area (Å²) in [4.78, 5) is 8.42. The molecule has 0 saturated carbocycles. The highest BCUT2D eigenvalue weighted by atomic mass is 35.5. The first-order valence-electron chi connectivity index (χ1n) is 5.30. The van der Waals surface area contributed by atoms with Crippen molar-refractivity contribution in [1.29, 1.82) is 0 Å². The predicted octanol–water partition coefficient (Wildman–Crippen LogP) is 2.88. The molecule has 0 bridgehead atoms. The molecule has 1 rings (SSSR count). The molecule has 1 N–H and O–H groups in total. The molecular weight excluding hydrogens is 226 g/mol. The number of nitrogens with zero attached hydrogens (tertiary/aromatic N) is 2. The maximum absolute atomic E-state index is 5.91. The second-order valence-corrected chi connectivity index (χ2v) is 4.89. The number of anilines is 1. The molecule has 1 aromatic heterocycles. The van der Waals surface area contributed by atoms with E-state index in [2.05, 4.69) is 36.1 Å². The number of hydrogen-bond acceptors (Lipinski definition) is 4. The second kappa shape index (κ2) is 5.46. The average molecular weight is 244 g/mol. The maximum Gasteiger partial charge on any atom is 0.158 e. The molecule has 0 aromatic carbocycles. The minimum Gasteiger partial charge on any atom is -0.374 e. The van der Waals surface area contributed by atoms with E-state index in [4.69, 9.17) is 16.3 Å². The van der Waals surface area contributed by atoms with Gasteiger partial charge in [-0.25, -0.2) is 9.97 Å². The van der Waals surface area contributed by atoms with Gasteiger partial charge in [-0.05, 0) is 27.7 Å². The van der Waals surface area contributed by atoms with Gasteiger partial charge < -0.3 is 10.1 Å². The lowest BCUT2D eigenvalue weighted by Gasteiger charge is -2.21. The molecule has 1 aromatic rings. The van der Waals surface area contributed by atoms with Crippen LogP contribution in [0.25, 0.3) is 0 Å². The molecule has 16 heavy (non-hydrogen) atoms. The van der Waals surface area contributed by atoms with Crippen LogP contribution in [0.1, 0.15) is 33.5 Å². The normalized spacial score (nSPS) is 11.6. The van der Waals surface area contributed by atoms with Crippen molar-refractivity contribution in [2.45, 2.75) is 39.8 Å². The van der Waals surface area contributed by atoms with Crippen LogP contribution in [0.15, 0.2) is 6.07 Å². The number of hydrogen-bond donors (Lipinski definition) is 1. The molecule has 0 aliphatic rings. The maximum atomic E-state index is 5.91. The largest absolute Gasteiger partial charge is 0.374 e. The van der Waals surface area contributed by atoms with Gasteiger partial charge in [-0.1, -0.05) is 11.6 Å². The lowest BCUT2D eigenvalue weighted by molar-refractivity contribution is 0.128. The number of aromatic nitrogens is 2. The predicted molar refractivity (Wildman–Crippen MR) is 65.7 cm³/mol. The van der Waals surface area contributed by atoms with Crippen LogP contribution in [-0.4, -0.2) is 22.1 Å². The Morgan fingerprint density at radius 2 is 2.06 bits per heavy atom. The SMILES string of the molecule is CCOCc1nc(Cl)cc(NC(C)(C)C)n1. The number of nitrogens with one attached hydrogen (secondary N) is 1. The summed E-state index contributed by atoms with van der Waals surface area (Å²) in [6, 6.07) is 1.71. The van der Waals surface area contributed by atoms with Crippen molar-refractivity contribution in [3.8, 4) is 0 Å². The molecule has 0 aliphatic carbocycles. The Morgan fingerprint density at radius 1 is 1.38 bits per heavy atom. The molecule has 1 heterocycles. The Kier molecular flexibility index (Phi) is 4.50. The molecule has 90 valence electrons. The third kappa shape index (κ3) is 4.77. The van der Waals surface area contributed by atoms with Gasteiger partial charge in [0.2, 0.25) is 0 Å². The zero-order valence-electron chi connectivity index (χ0n) is 10.2. The third-order valence-corrected chi connectivity index (χ3v) is 1.87. The average Bonchev–Trinajstić information content (AvgIpc) is 2.10. The van der Waals surface area contributed by atoms with Gasteiger partial charge in [-0.3, -0.25) is 0 Å². The van der Waals surface area contributed by atoms with E-state index < -0.39 is 0 Å². The quantitative estimate of drug-likeness (QED) is 0.826. The first-order valence-corrected chi connectivity index (χ1v) is 5.68. The monoisotopic (exact) mass is 243 g/mol. The third-order valence-electron chi connectivity index (χ3n) is 1.68. The summed E-state index contributed by atoms with van der Waals surface area (Å²) in [6.45, 7) is 9.13. The smallest absolute Gasteiger partial charge is 0.158 e. The van der Waals surface area contributed by atoms with E-state index in [1.165, 1.54) is 0 Å². The van der Waals surface area contributed by atoms with Gasteiger partial charge in [0.15, 0.2) is 5.82 Å². The minimum absolute atomic E-state index is 0.0550. The molecule has 0 unspecified atom stereocenters. The lowest BCUT2D eigenvalue weighted by Crippen LogP contribution is -2.27. The molecule has 0 saturated heterocycles. The fourth-order valence-corrected chi connectivity index (χ4v) is 1.37. The van der Waals surface area contributed by atoms with Crippen molar-refractivity contribution in [1.82, 2.24) is 9.97 Å². The summed E-state index contributed by atoms with van der Waals surface area (Å²) in [5.41, 5.74) is -0.0550. The summed E-state index contributed by atoms with van der Waals surface area (Å²) in [6.07, 6.45) is 0. The van der Waals surface area contributed by atoms with Gasteiger partial charge in [0.05, 0.1) is 0 Å². The van der Waals surface area contributed by atoms with Crippen molar-refractivity contribution < 1.29 is 4.74 Å².